The van der Waals surface area contributed by atoms with Crippen molar-refractivity contribution in [3.8, 4) is 11.5 Å². The maximum Gasteiger partial charge on any atom is 0.232 e. The molecule has 3 heterocycles. The fraction of sp³-hybridized carbons (Fsp3) is 0.208. The summed E-state index contributed by atoms with van der Waals surface area (Å²) in [6, 6.07) is 10.5. The van der Waals surface area contributed by atoms with Gasteiger partial charge >= 0.3 is 0 Å². The predicted octanol–water partition coefficient (Wildman–Crippen LogP) is 5.86. The number of aryl methyl sites for hydroxylation is 1. The van der Waals surface area contributed by atoms with Crippen molar-refractivity contribution in [3.05, 3.63) is 85.5 Å². The zero-order valence-electron chi connectivity index (χ0n) is 16.8. The fourth-order valence-corrected chi connectivity index (χ4v) is 4.84. The van der Waals surface area contributed by atoms with Crippen molar-refractivity contribution in [2.24, 2.45) is 0 Å². The van der Waals surface area contributed by atoms with Crippen LogP contribution in [-0.4, -0.2) is 24.0 Å². The van der Waals surface area contributed by atoms with Crippen LogP contribution in [0.15, 0.2) is 47.5 Å². The quantitative estimate of drug-likeness (QED) is 0.462. The molecule has 0 N–H and O–H groups in total. The van der Waals surface area contributed by atoms with E-state index in [0.717, 1.165) is 29.8 Å². The number of allylic oxidation sites excluding steroid dienone is 1. The van der Waals surface area contributed by atoms with Gasteiger partial charge in [0, 0.05) is 23.5 Å². The van der Waals surface area contributed by atoms with Gasteiger partial charge in [0.1, 0.15) is 24.0 Å². The largest absolute Gasteiger partial charge is 0.478 e. The van der Waals surface area contributed by atoms with E-state index < -0.39 is 5.82 Å². The Hall–Kier alpha value is -2.67. The molecule has 0 radical (unpaired) electrons. The normalized spacial score (nSPS) is 16.7. The lowest BCUT2D eigenvalue weighted by Gasteiger charge is -2.30. The lowest BCUT2D eigenvalue weighted by Crippen LogP contribution is -2.33. The third-order valence-corrected chi connectivity index (χ3v) is 6.78. The molecule has 2 aliphatic rings. The van der Waals surface area contributed by atoms with Gasteiger partial charge in [0.25, 0.3) is 0 Å². The number of hydrogen-bond acceptors (Lipinski definition) is 5. The number of Topliss-reactive ketones (excluding diaryl/α,β-unsaturated/α-hetero) is 1. The zero-order valence-corrected chi connectivity index (χ0v) is 18.4. The summed E-state index contributed by atoms with van der Waals surface area (Å²) in [6.45, 7) is 3.79. The van der Waals surface area contributed by atoms with E-state index in [1.807, 2.05) is 19.1 Å². The van der Waals surface area contributed by atoms with Crippen molar-refractivity contribution in [3.63, 3.8) is 0 Å². The number of halogens is 2. The van der Waals surface area contributed by atoms with Gasteiger partial charge in [-0.3, -0.25) is 9.69 Å². The smallest absolute Gasteiger partial charge is 0.232 e. The Labute approximate surface area is 188 Å². The van der Waals surface area contributed by atoms with Crippen LogP contribution in [0.3, 0.4) is 0 Å². The van der Waals surface area contributed by atoms with E-state index >= 15 is 0 Å². The highest BCUT2D eigenvalue weighted by Gasteiger charge is 2.35. The highest BCUT2D eigenvalue weighted by molar-refractivity contribution is 7.09. The lowest BCUT2D eigenvalue weighted by atomic mass is 9.98. The summed E-state index contributed by atoms with van der Waals surface area (Å²) in [6.07, 6.45) is 2.31. The number of thiophene rings is 1. The van der Waals surface area contributed by atoms with Crippen LogP contribution < -0.4 is 9.47 Å². The van der Waals surface area contributed by atoms with Crippen molar-refractivity contribution in [1.82, 2.24) is 4.90 Å². The van der Waals surface area contributed by atoms with Crippen LogP contribution in [0.5, 0.6) is 11.5 Å². The molecule has 0 amide bonds. The summed E-state index contributed by atoms with van der Waals surface area (Å²) in [7, 11) is 0. The number of carbonyl (C=O) groups excluding carboxylic acids is 1. The molecular formula is C24H19ClFNO3S. The molecule has 158 valence electrons. The zero-order chi connectivity index (χ0) is 21.5. The third-order valence-electron chi connectivity index (χ3n) is 5.52. The first kappa shape index (κ1) is 20.2. The van der Waals surface area contributed by atoms with Crippen molar-refractivity contribution < 1.29 is 18.7 Å². The standard InChI is InChI=1S/C24H19ClFNO3S/c1-14-10-20-17(12-27(13-29-20)8-7-15-4-3-9-31-15)24-22(14)23(28)21(30-24)11-16-18(25)5-2-6-19(16)26/h2-6,9-11H,7-8,12-13H2,1H3/b21-11-. The molecule has 0 saturated carbocycles. The number of nitrogens with zero attached hydrogens (tertiary/aromatic N) is 1. The average molecular weight is 456 g/mol. The van der Waals surface area contributed by atoms with E-state index in [-0.39, 0.29) is 22.1 Å². The van der Waals surface area contributed by atoms with Gasteiger partial charge < -0.3 is 9.47 Å². The Balaban J connectivity index is 1.46. The molecule has 0 bridgehead atoms. The maximum atomic E-state index is 14.2. The van der Waals surface area contributed by atoms with Crippen LogP contribution in [0.2, 0.25) is 5.02 Å². The van der Waals surface area contributed by atoms with E-state index in [4.69, 9.17) is 21.1 Å². The van der Waals surface area contributed by atoms with Crippen LogP contribution in [0, 0.1) is 12.7 Å². The number of ether oxygens (including phenoxy) is 2. The van der Waals surface area contributed by atoms with E-state index in [1.54, 1.807) is 17.4 Å². The number of benzene rings is 2. The first-order valence-electron chi connectivity index (χ1n) is 9.93. The number of ketones is 1. The molecule has 5 rings (SSSR count). The van der Waals surface area contributed by atoms with Crippen LogP contribution in [0.4, 0.5) is 4.39 Å². The minimum absolute atomic E-state index is 0.0641. The fourth-order valence-electron chi connectivity index (χ4n) is 3.92. The Morgan fingerprint density at radius 3 is 2.94 bits per heavy atom. The first-order valence-corrected chi connectivity index (χ1v) is 11.2. The van der Waals surface area contributed by atoms with Crippen molar-refractivity contribution in [2.45, 2.75) is 19.9 Å². The van der Waals surface area contributed by atoms with Crippen molar-refractivity contribution in [2.75, 3.05) is 13.3 Å². The average Bonchev–Trinajstić information content (AvgIpc) is 3.38. The predicted molar refractivity (Wildman–Crippen MR) is 119 cm³/mol. The molecule has 1 aromatic heterocycles. The molecule has 0 spiro atoms. The molecule has 2 aromatic carbocycles. The summed E-state index contributed by atoms with van der Waals surface area (Å²) in [5.41, 5.74) is 2.25. The molecule has 3 aromatic rings. The van der Waals surface area contributed by atoms with Crippen LogP contribution in [0.25, 0.3) is 6.08 Å². The van der Waals surface area contributed by atoms with E-state index in [1.165, 1.54) is 23.1 Å². The Morgan fingerprint density at radius 1 is 1.29 bits per heavy atom. The second kappa shape index (κ2) is 8.11. The van der Waals surface area contributed by atoms with Gasteiger partial charge in [0.15, 0.2) is 5.76 Å². The van der Waals surface area contributed by atoms with Gasteiger partial charge in [-0.15, -0.1) is 11.3 Å². The molecule has 0 saturated heterocycles. The van der Waals surface area contributed by atoms with Gasteiger partial charge in [0.2, 0.25) is 5.78 Å². The number of hydrogen-bond donors (Lipinski definition) is 0. The van der Waals surface area contributed by atoms with Crippen molar-refractivity contribution >= 4 is 34.8 Å². The molecule has 2 aliphatic heterocycles. The molecule has 31 heavy (non-hydrogen) atoms. The summed E-state index contributed by atoms with van der Waals surface area (Å²) < 4.78 is 26.2. The highest BCUT2D eigenvalue weighted by atomic mass is 35.5. The number of carbonyl (C=O) groups is 1. The molecule has 0 aliphatic carbocycles. The van der Waals surface area contributed by atoms with Crippen molar-refractivity contribution in [1.29, 1.82) is 0 Å². The topological polar surface area (TPSA) is 38.8 Å². The molecule has 7 heteroatoms. The number of fused-ring (bicyclic) bond motifs is 3. The summed E-state index contributed by atoms with van der Waals surface area (Å²) >= 11 is 7.87. The molecule has 4 nitrogen and oxygen atoms in total. The molecular weight excluding hydrogens is 437 g/mol. The van der Waals surface area contributed by atoms with E-state index in [9.17, 15) is 9.18 Å². The maximum absolute atomic E-state index is 14.2. The van der Waals surface area contributed by atoms with E-state index in [0.29, 0.717) is 24.6 Å². The third kappa shape index (κ3) is 3.76. The monoisotopic (exact) mass is 455 g/mol. The lowest BCUT2D eigenvalue weighted by molar-refractivity contribution is 0.0951. The number of rotatable bonds is 4. The van der Waals surface area contributed by atoms with Crippen LogP contribution >= 0.6 is 22.9 Å². The molecule has 0 atom stereocenters. The van der Waals surface area contributed by atoms with Gasteiger partial charge in [0.05, 0.1) is 16.1 Å². The second-order valence-corrected chi connectivity index (χ2v) is 9.04. The highest BCUT2D eigenvalue weighted by Crippen LogP contribution is 2.44. The van der Waals surface area contributed by atoms with Crippen LogP contribution in [0.1, 0.15) is 31.9 Å². The van der Waals surface area contributed by atoms with Gasteiger partial charge in [-0.25, -0.2) is 4.39 Å². The van der Waals surface area contributed by atoms with Crippen LogP contribution in [-0.2, 0) is 13.0 Å². The van der Waals surface area contributed by atoms with E-state index in [2.05, 4.69) is 16.3 Å². The Kier molecular flexibility index (Phi) is 5.30. The minimum Gasteiger partial charge on any atom is -0.478 e. The molecule has 0 unspecified atom stereocenters. The summed E-state index contributed by atoms with van der Waals surface area (Å²) in [4.78, 5) is 16.6. The van der Waals surface area contributed by atoms with Gasteiger partial charge in [-0.2, -0.15) is 0 Å². The SMILES string of the molecule is Cc1cc2c(c3c1C(=O)/C(=C/c1c(F)cccc1Cl)O3)CN(CCc1cccs1)CO2. The minimum atomic E-state index is -0.505. The summed E-state index contributed by atoms with van der Waals surface area (Å²) in [5.74, 6) is 0.509. The molecule has 0 fully saturated rings. The van der Waals surface area contributed by atoms with Gasteiger partial charge in [-0.05, 0) is 54.6 Å². The summed E-state index contributed by atoms with van der Waals surface area (Å²) in [5, 5.41) is 2.30. The van der Waals surface area contributed by atoms with Gasteiger partial charge in [-0.1, -0.05) is 23.7 Å². The Morgan fingerprint density at radius 2 is 2.16 bits per heavy atom. The Bertz CT molecular complexity index is 1190. The first-order chi connectivity index (χ1) is 15.0. The second-order valence-electron chi connectivity index (χ2n) is 7.60.